The second-order valence-electron chi connectivity index (χ2n) is 3.69. The van der Waals surface area contributed by atoms with Crippen LogP contribution in [-0.2, 0) is 11.8 Å². The van der Waals surface area contributed by atoms with Crippen LogP contribution in [0.3, 0.4) is 0 Å². The SMILES string of the molecule is Cn1cc(Br)cc1C(=O)NC1CCOC1. The average Bonchev–Trinajstić information content (AvgIpc) is 2.75. The lowest BCUT2D eigenvalue weighted by molar-refractivity contribution is 0.0921. The van der Waals surface area contributed by atoms with Crippen LogP contribution in [0, 0.1) is 0 Å². The van der Waals surface area contributed by atoms with E-state index in [1.165, 1.54) is 0 Å². The summed E-state index contributed by atoms with van der Waals surface area (Å²) in [4.78, 5) is 11.8. The number of ether oxygens (including phenoxy) is 1. The smallest absolute Gasteiger partial charge is 0.268 e. The van der Waals surface area contributed by atoms with E-state index in [4.69, 9.17) is 4.74 Å². The summed E-state index contributed by atoms with van der Waals surface area (Å²) in [5.41, 5.74) is 0.661. The molecule has 1 N–H and O–H groups in total. The first-order chi connectivity index (χ1) is 7.16. The van der Waals surface area contributed by atoms with Gasteiger partial charge in [0.2, 0.25) is 0 Å². The predicted molar refractivity (Wildman–Crippen MR) is 59.8 cm³/mol. The number of aryl methyl sites for hydroxylation is 1. The molecular weight excluding hydrogens is 260 g/mol. The first-order valence-electron chi connectivity index (χ1n) is 4.87. The van der Waals surface area contributed by atoms with Gasteiger partial charge in [-0.05, 0) is 28.4 Å². The van der Waals surface area contributed by atoms with Crippen molar-refractivity contribution in [2.45, 2.75) is 12.5 Å². The minimum absolute atomic E-state index is 0.0429. The predicted octanol–water partition coefficient (Wildman–Crippen LogP) is 1.31. The molecule has 0 aliphatic carbocycles. The van der Waals surface area contributed by atoms with E-state index in [1.54, 1.807) is 4.57 Å². The van der Waals surface area contributed by atoms with E-state index in [0.29, 0.717) is 12.3 Å². The van der Waals surface area contributed by atoms with Gasteiger partial charge in [0.25, 0.3) is 5.91 Å². The molecule has 2 rings (SSSR count). The summed E-state index contributed by atoms with van der Waals surface area (Å²) in [6, 6.07) is 1.97. The molecule has 1 aliphatic rings. The van der Waals surface area contributed by atoms with Crippen molar-refractivity contribution in [1.82, 2.24) is 9.88 Å². The summed E-state index contributed by atoms with van der Waals surface area (Å²) in [6.07, 6.45) is 2.76. The highest BCUT2D eigenvalue weighted by Gasteiger charge is 2.19. The third-order valence-electron chi connectivity index (χ3n) is 2.47. The highest BCUT2D eigenvalue weighted by Crippen LogP contribution is 2.14. The van der Waals surface area contributed by atoms with Gasteiger partial charge in [-0.25, -0.2) is 0 Å². The maximum absolute atomic E-state index is 11.8. The third-order valence-corrected chi connectivity index (χ3v) is 2.90. The van der Waals surface area contributed by atoms with E-state index >= 15 is 0 Å². The van der Waals surface area contributed by atoms with E-state index in [1.807, 2.05) is 19.3 Å². The molecule has 1 saturated heterocycles. The van der Waals surface area contributed by atoms with Gasteiger partial charge in [-0.1, -0.05) is 0 Å². The van der Waals surface area contributed by atoms with Crippen LogP contribution in [0.25, 0.3) is 0 Å². The Hall–Kier alpha value is -0.810. The van der Waals surface area contributed by atoms with E-state index in [9.17, 15) is 4.79 Å². The quantitative estimate of drug-likeness (QED) is 0.882. The van der Waals surface area contributed by atoms with Crippen molar-refractivity contribution >= 4 is 21.8 Å². The number of halogens is 1. The topological polar surface area (TPSA) is 43.3 Å². The van der Waals surface area contributed by atoms with Gasteiger partial charge in [0, 0.05) is 24.3 Å². The lowest BCUT2D eigenvalue weighted by Gasteiger charge is -2.10. The van der Waals surface area contributed by atoms with Gasteiger partial charge in [-0.15, -0.1) is 0 Å². The zero-order valence-electron chi connectivity index (χ0n) is 8.50. The first-order valence-corrected chi connectivity index (χ1v) is 5.66. The Bertz CT molecular complexity index is 369. The summed E-state index contributed by atoms with van der Waals surface area (Å²) >= 11 is 3.34. The molecule has 4 nitrogen and oxygen atoms in total. The molecule has 0 aromatic carbocycles. The molecule has 1 aromatic heterocycles. The van der Waals surface area contributed by atoms with Crippen LogP contribution in [0.15, 0.2) is 16.7 Å². The lowest BCUT2D eigenvalue weighted by Crippen LogP contribution is -2.35. The fourth-order valence-corrected chi connectivity index (χ4v) is 2.18. The minimum atomic E-state index is -0.0429. The summed E-state index contributed by atoms with van der Waals surface area (Å²) in [5, 5.41) is 2.94. The molecule has 1 unspecified atom stereocenters. The van der Waals surface area contributed by atoms with Crippen molar-refractivity contribution in [2.75, 3.05) is 13.2 Å². The zero-order chi connectivity index (χ0) is 10.8. The molecule has 1 amide bonds. The molecule has 82 valence electrons. The Kier molecular flexibility index (Phi) is 3.11. The number of carbonyl (C=O) groups excluding carboxylic acids is 1. The Balaban J connectivity index is 2.03. The largest absolute Gasteiger partial charge is 0.379 e. The monoisotopic (exact) mass is 272 g/mol. The van der Waals surface area contributed by atoms with Crippen LogP contribution in [0.1, 0.15) is 16.9 Å². The van der Waals surface area contributed by atoms with Crippen LogP contribution in [-0.4, -0.2) is 29.7 Å². The first kappa shape index (κ1) is 10.7. The number of hydrogen-bond donors (Lipinski definition) is 1. The van der Waals surface area contributed by atoms with Crippen LogP contribution in [0.5, 0.6) is 0 Å². The summed E-state index contributed by atoms with van der Waals surface area (Å²) in [6.45, 7) is 1.36. The third kappa shape index (κ3) is 2.41. The molecule has 1 fully saturated rings. The molecule has 1 atom stereocenters. The number of aromatic nitrogens is 1. The number of carbonyl (C=O) groups is 1. The maximum Gasteiger partial charge on any atom is 0.268 e. The molecule has 0 bridgehead atoms. The van der Waals surface area contributed by atoms with Crippen molar-refractivity contribution in [2.24, 2.45) is 7.05 Å². The highest BCUT2D eigenvalue weighted by atomic mass is 79.9. The Morgan fingerprint density at radius 2 is 2.53 bits per heavy atom. The normalized spacial score (nSPS) is 20.5. The molecule has 0 spiro atoms. The van der Waals surface area contributed by atoms with Crippen LogP contribution in [0.4, 0.5) is 0 Å². The van der Waals surface area contributed by atoms with Crippen molar-refractivity contribution in [1.29, 1.82) is 0 Å². The van der Waals surface area contributed by atoms with Gasteiger partial charge < -0.3 is 14.6 Å². The second-order valence-corrected chi connectivity index (χ2v) is 4.60. The Labute approximate surface area is 96.7 Å². The van der Waals surface area contributed by atoms with E-state index in [2.05, 4.69) is 21.2 Å². The Morgan fingerprint density at radius 1 is 1.73 bits per heavy atom. The molecular formula is C10H13BrN2O2. The van der Waals surface area contributed by atoms with Gasteiger partial charge in [0.05, 0.1) is 12.6 Å². The van der Waals surface area contributed by atoms with Crippen molar-refractivity contribution in [3.8, 4) is 0 Å². The Morgan fingerprint density at radius 3 is 3.07 bits per heavy atom. The summed E-state index contributed by atoms with van der Waals surface area (Å²) < 4.78 is 7.91. The lowest BCUT2D eigenvalue weighted by atomic mass is 10.2. The van der Waals surface area contributed by atoms with Crippen LogP contribution >= 0.6 is 15.9 Å². The standard InChI is InChI=1S/C10H13BrN2O2/c1-13-5-7(11)4-9(13)10(14)12-8-2-3-15-6-8/h4-5,8H,2-3,6H2,1H3,(H,12,14). The van der Waals surface area contributed by atoms with Gasteiger partial charge >= 0.3 is 0 Å². The summed E-state index contributed by atoms with van der Waals surface area (Å²) in [7, 11) is 1.85. The zero-order valence-corrected chi connectivity index (χ0v) is 10.1. The van der Waals surface area contributed by atoms with Gasteiger partial charge in [0.1, 0.15) is 5.69 Å². The van der Waals surface area contributed by atoms with Crippen molar-refractivity contribution in [3.05, 3.63) is 22.4 Å². The minimum Gasteiger partial charge on any atom is -0.379 e. The average molecular weight is 273 g/mol. The van der Waals surface area contributed by atoms with Gasteiger partial charge in [-0.2, -0.15) is 0 Å². The number of rotatable bonds is 2. The number of nitrogens with one attached hydrogen (secondary N) is 1. The fourth-order valence-electron chi connectivity index (χ4n) is 1.66. The van der Waals surface area contributed by atoms with Gasteiger partial charge in [-0.3, -0.25) is 4.79 Å². The van der Waals surface area contributed by atoms with Crippen LogP contribution < -0.4 is 5.32 Å². The van der Waals surface area contributed by atoms with E-state index < -0.39 is 0 Å². The fraction of sp³-hybridized carbons (Fsp3) is 0.500. The van der Waals surface area contributed by atoms with Crippen LogP contribution in [0.2, 0.25) is 0 Å². The molecule has 1 aromatic rings. The molecule has 1 aliphatic heterocycles. The molecule has 5 heteroatoms. The van der Waals surface area contributed by atoms with E-state index in [-0.39, 0.29) is 11.9 Å². The van der Waals surface area contributed by atoms with Crippen molar-refractivity contribution < 1.29 is 9.53 Å². The molecule has 0 radical (unpaired) electrons. The second kappa shape index (κ2) is 4.37. The molecule has 2 heterocycles. The highest BCUT2D eigenvalue weighted by molar-refractivity contribution is 9.10. The summed E-state index contributed by atoms with van der Waals surface area (Å²) in [5.74, 6) is -0.0429. The number of hydrogen-bond acceptors (Lipinski definition) is 2. The number of amides is 1. The maximum atomic E-state index is 11.8. The molecule has 0 saturated carbocycles. The van der Waals surface area contributed by atoms with Crippen molar-refractivity contribution in [3.63, 3.8) is 0 Å². The molecule has 15 heavy (non-hydrogen) atoms. The van der Waals surface area contributed by atoms with Gasteiger partial charge in [0.15, 0.2) is 0 Å². The number of nitrogens with zero attached hydrogens (tertiary/aromatic N) is 1. The van der Waals surface area contributed by atoms with E-state index in [0.717, 1.165) is 17.5 Å².